The van der Waals surface area contributed by atoms with Crippen LogP contribution >= 0.6 is 0 Å². The Labute approximate surface area is 115 Å². The number of carbonyl (C=O) groups excluding carboxylic acids is 1. The monoisotopic (exact) mass is 267 g/mol. The molecule has 0 aromatic carbocycles. The highest BCUT2D eigenvalue weighted by atomic mass is 16.5. The van der Waals surface area contributed by atoms with Gasteiger partial charge in [-0.1, -0.05) is 6.92 Å². The highest BCUT2D eigenvalue weighted by Gasteiger charge is 2.02. The van der Waals surface area contributed by atoms with Crippen LogP contribution in [0.2, 0.25) is 0 Å². The average Bonchev–Trinajstić information content (AvgIpc) is 2.83. The molecule has 0 aliphatic heterocycles. The van der Waals surface area contributed by atoms with Gasteiger partial charge >= 0.3 is 0 Å². The SMILES string of the molecule is CCCNCc1ccn(CC(=O)NCCCOC)c1. The van der Waals surface area contributed by atoms with Gasteiger partial charge in [-0.15, -0.1) is 0 Å². The summed E-state index contributed by atoms with van der Waals surface area (Å²) < 4.78 is 6.84. The van der Waals surface area contributed by atoms with Crippen LogP contribution in [0.3, 0.4) is 0 Å². The summed E-state index contributed by atoms with van der Waals surface area (Å²) in [6, 6.07) is 2.04. The van der Waals surface area contributed by atoms with Gasteiger partial charge in [0.1, 0.15) is 6.54 Å². The molecular weight excluding hydrogens is 242 g/mol. The molecule has 0 saturated heterocycles. The third-order valence-corrected chi connectivity index (χ3v) is 2.74. The lowest BCUT2D eigenvalue weighted by Gasteiger charge is -2.05. The minimum Gasteiger partial charge on any atom is -0.385 e. The molecule has 0 bridgehead atoms. The summed E-state index contributed by atoms with van der Waals surface area (Å²) in [7, 11) is 1.66. The lowest BCUT2D eigenvalue weighted by atomic mass is 10.3. The number of rotatable bonds is 10. The van der Waals surface area contributed by atoms with E-state index in [1.807, 2.05) is 23.0 Å². The fourth-order valence-electron chi connectivity index (χ4n) is 1.77. The second-order valence-corrected chi connectivity index (χ2v) is 4.57. The first-order chi connectivity index (χ1) is 9.26. The molecule has 19 heavy (non-hydrogen) atoms. The van der Waals surface area contributed by atoms with Gasteiger partial charge in [-0.3, -0.25) is 4.79 Å². The molecule has 0 aliphatic rings. The maximum atomic E-state index is 11.7. The summed E-state index contributed by atoms with van der Waals surface area (Å²) in [5.41, 5.74) is 1.21. The Morgan fingerprint density at radius 3 is 3.00 bits per heavy atom. The largest absolute Gasteiger partial charge is 0.385 e. The summed E-state index contributed by atoms with van der Waals surface area (Å²) >= 11 is 0. The number of aromatic nitrogens is 1. The highest BCUT2D eigenvalue weighted by Crippen LogP contribution is 2.00. The lowest BCUT2D eigenvalue weighted by Crippen LogP contribution is -2.28. The third-order valence-electron chi connectivity index (χ3n) is 2.74. The van der Waals surface area contributed by atoms with Crippen molar-refractivity contribution in [1.82, 2.24) is 15.2 Å². The summed E-state index contributed by atoms with van der Waals surface area (Å²) in [6.07, 6.45) is 5.93. The van der Waals surface area contributed by atoms with E-state index in [9.17, 15) is 4.79 Å². The topological polar surface area (TPSA) is 55.3 Å². The molecule has 0 unspecified atom stereocenters. The zero-order valence-corrected chi connectivity index (χ0v) is 11.9. The number of carbonyl (C=O) groups is 1. The summed E-state index contributed by atoms with van der Waals surface area (Å²) in [4.78, 5) is 11.7. The standard InChI is InChI=1S/C14H25N3O2/c1-3-6-15-10-13-5-8-17(11-13)12-14(18)16-7-4-9-19-2/h5,8,11,15H,3-4,6-7,9-10,12H2,1-2H3,(H,16,18). The van der Waals surface area contributed by atoms with Crippen molar-refractivity contribution in [2.75, 3.05) is 26.8 Å². The van der Waals surface area contributed by atoms with E-state index in [4.69, 9.17) is 4.74 Å². The maximum Gasteiger partial charge on any atom is 0.239 e. The zero-order valence-electron chi connectivity index (χ0n) is 11.9. The number of ether oxygens (including phenoxy) is 1. The zero-order chi connectivity index (χ0) is 13.9. The molecule has 5 heteroatoms. The van der Waals surface area contributed by atoms with Gasteiger partial charge in [0.2, 0.25) is 5.91 Å². The molecular formula is C14H25N3O2. The number of hydrogen-bond donors (Lipinski definition) is 2. The van der Waals surface area contributed by atoms with E-state index >= 15 is 0 Å². The third kappa shape index (κ3) is 6.98. The Hall–Kier alpha value is -1.33. The second-order valence-electron chi connectivity index (χ2n) is 4.57. The van der Waals surface area contributed by atoms with E-state index in [2.05, 4.69) is 17.6 Å². The van der Waals surface area contributed by atoms with Crippen LogP contribution < -0.4 is 10.6 Å². The average molecular weight is 267 g/mol. The van der Waals surface area contributed by atoms with Crippen LogP contribution in [-0.4, -0.2) is 37.3 Å². The van der Waals surface area contributed by atoms with Gasteiger partial charge in [0, 0.05) is 39.2 Å². The van der Waals surface area contributed by atoms with Crippen LogP contribution in [0.25, 0.3) is 0 Å². The number of nitrogens with one attached hydrogen (secondary N) is 2. The van der Waals surface area contributed by atoms with Crippen molar-refractivity contribution < 1.29 is 9.53 Å². The van der Waals surface area contributed by atoms with Gasteiger partial charge in [-0.2, -0.15) is 0 Å². The molecule has 0 fully saturated rings. The van der Waals surface area contributed by atoms with Crippen LogP contribution in [-0.2, 0) is 22.6 Å². The second kappa shape index (κ2) is 9.58. The molecule has 1 aromatic rings. The fraction of sp³-hybridized carbons (Fsp3) is 0.643. The fourth-order valence-corrected chi connectivity index (χ4v) is 1.77. The predicted molar refractivity (Wildman–Crippen MR) is 75.9 cm³/mol. The molecule has 1 rings (SSSR count). The Bertz CT molecular complexity index is 363. The highest BCUT2D eigenvalue weighted by molar-refractivity contribution is 5.75. The predicted octanol–water partition coefficient (Wildman–Crippen LogP) is 1.14. The van der Waals surface area contributed by atoms with E-state index in [0.29, 0.717) is 19.7 Å². The number of hydrogen-bond acceptors (Lipinski definition) is 3. The van der Waals surface area contributed by atoms with Crippen molar-refractivity contribution in [1.29, 1.82) is 0 Å². The summed E-state index contributed by atoms with van der Waals surface area (Å²) in [6.45, 7) is 5.74. The minimum atomic E-state index is 0.0415. The van der Waals surface area contributed by atoms with E-state index in [1.165, 1.54) is 5.56 Å². The Morgan fingerprint density at radius 2 is 2.26 bits per heavy atom. The van der Waals surface area contributed by atoms with Crippen LogP contribution in [0.4, 0.5) is 0 Å². The molecule has 0 spiro atoms. The number of amides is 1. The van der Waals surface area contributed by atoms with E-state index in [1.54, 1.807) is 7.11 Å². The number of methoxy groups -OCH3 is 1. The van der Waals surface area contributed by atoms with Crippen molar-refractivity contribution in [3.8, 4) is 0 Å². The molecule has 1 heterocycles. The Kier molecular flexibility index (Phi) is 7.93. The minimum absolute atomic E-state index is 0.0415. The van der Waals surface area contributed by atoms with E-state index in [0.717, 1.165) is 25.9 Å². The smallest absolute Gasteiger partial charge is 0.239 e. The normalized spacial score (nSPS) is 10.6. The summed E-state index contributed by atoms with van der Waals surface area (Å²) in [5, 5.41) is 6.21. The molecule has 5 nitrogen and oxygen atoms in total. The molecule has 1 aromatic heterocycles. The quantitative estimate of drug-likeness (QED) is 0.625. The Morgan fingerprint density at radius 1 is 1.42 bits per heavy atom. The molecule has 0 aliphatic carbocycles. The first kappa shape index (κ1) is 15.7. The first-order valence-electron chi connectivity index (χ1n) is 6.87. The van der Waals surface area contributed by atoms with Gasteiger partial charge in [-0.25, -0.2) is 0 Å². The molecule has 2 N–H and O–H groups in total. The molecule has 1 amide bonds. The van der Waals surface area contributed by atoms with E-state index < -0.39 is 0 Å². The van der Waals surface area contributed by atoms with Crippen molar-refractivity contribution in [2.24, 2.45) is 0 Å². The van der Waals surface area contributed by atoms with Crippen LogP contribution in [0.1, 0.15) is 25.3 Å². The van der Waals surface area contributed by atoms with Gasteiger partial charge in [-0.05, 0) is 31.0 Å². The van der Waals surface area contributed by atoms with Crippen LogP contribution in [0.15, 0.2) is 18.5 Å². The number of nitrogens with zero attached hydrogens (tertiary/aromatic N) is 1. The summed E-state index contributed by atoms with van der Waals surface area (Å²) in [5.74, 6) is 0.0415. The maximum absolute atomic E-state index is 11.7. The molecule has 0 saturated carbocycles. The lowest BCUT2D eigenvalue weighted by molar-refractivity contribution is -0.121. The van der Waals surface area contributed by atoms with Crippen molar-refractivity contribution >= 4 is 5.91 Å². The van der Waals surface area contributed by atoms with Crippen molar-refractivity contribution in [3.63, 3.8) is 0 Å². The van der Waals surface area contributed by atoms with Gasteiger partial charge in [0.25, 0.3) is 0 Å². The van der Waals surface area contributed by atoms with Gasteiger partial charge < -0.3 is 19.9 Å². The molecule has 0 atom stereocenters. The van der Waals surface area contributed by atoms with Crippen LogP contribution in [0, 0.1) is 0 Å². The first-order valence-corrected chi connectivity index (χ1v) is 6.87. The molecule has 108 valence electrons. The van der Waals surface area contributed by atoms with E-state index in [-0.39, 0.29) is 5.91 Å². The van der Waals surface area contributed by atoms with Crippen molar-refractivity contribution in [3.05, 3.63) is 24.0 Å². The van der Waals surface area contributed by atoms with Gasteiger partial charge in [0.15, 0.2) is 0 Å². The van der Waals surface area contributed by atoms with Crippen LogP contribution in [0.5, 0.6) is 0 Å². The Balaban J connectivity index is 2.22. The van der Waals surface area contributed by atoms with Gasteiger partial charge in [0.05, 0.1) is 0 Å². The molecule has 0 radical (unpaired) electrons. The van der Waals surface area contributed by atoms with Crippen molar-refractivity contribution in [2.45, 2.75) is 32.9 Å².